The van der Waals surface area contributed by atoms with E-state index in [1.165, 1.54) is 0 Å². The quantitative estimate of drug-likeness (QED) is 0.808. The van der Waals surface area contributed by atoms with Crippen LogP contribution in [-0.4, -0.2) is 22.0 Å². The van der Waals surface area contributed by atoms with Crippen molar-refractivity contribution in [2.24, 2.45) is 0 Å². The smallest absolute Gasteiger partial charge is 0.145 e. The molecule has 0 bridgehead atoms. The monoisotopic (exact) mass is 332 g/mol. The second-order valence-electron chi connectivity index (χ2n) is 3.03. The maximum atomic E-state index is 4.24. The molecule has 0 spiro atoms. The van der Waals surface area contributed by atoms with Gasteiger partial charge in [-0.3, -0.25) is 0 Å². The van der Waals surface area contributed by atoms with E-state index in [4.69, 9.17) is 0 Å². The van der Waals surface area contributed by atoms with Gasteiger partial charge in [0, 0.05) is 18.6 Å². The van der Waals surface area contributed by atoms with E-state index < -0.39 is 0 Å². The summed E-state index contributed by atoms with van der Waals surface area (Å²) in [6.45, 7) is 0.774. The molecule has 0 aromatic carbocycles. The van der Waals surface area contributed by atoms with Crippen LogP contribution in [0.3, 0.4) is 0 Å². The number of hydrogen-bond acceptors (Lipinski definition) is 5. The summed E-state index contributed by atoms with van der Waals surface area (Å²) in [4.78, 5) is 14.5. The van der Waals surface area contributed by atoms with E-state index in [9.17, 15) is 0 Å². The molecule has 2 heterocycles. The standard InChI is InChI=1S/C9H9IN4S/c1-14(3-7-4-15-6-13-7)9-8(10)2-11-5-12-9/h2,4-6H,3H2,1H3. The Morgan fingerprint density at radius 3 is 3.00 bits per heavy atom. The normalized spacial score (nSPS) is 10.3. The van der Waals surface area contributed by atoms with Gasteiger partial charge in [0.15, 0.2) is 0 Å². The van der Waals surface area contributed by atoms with Gasteiger partial charge in [0.25, 0.3) is 0 Å². The molecule has 0 atom stereocenters. The molecule has 0 unspecified atom stereocenters. The SMILES string of the molecule is CN(Cc1cscn1)c1ncncc1I. The number of aromatic nitrogens is 3. The van der Waals surface area contributed by atoms with Gasteiger partial charge in [-0.05, 0) is 22.6 Å². The minimum Gasteiger partial charge on any atom is -0.353 e. The van der Waals surface area contributed by atoms with Crippen LogP contribution in [0.5, 0.6) is 0 Å². The molecule has 6 heteroatoms. The van der Waals surface area contributed by atoms with E-state index in [0.717, 1.165) is 21.6 Å². The van der Waals surface area contributed by atoms with Gasteiger partial charge in [-0.1, -0.05) is 0 Å². The number of thiazole rings is 1. The fourth-order valence-corrected chi connectivity index (χ4v) is 2.48. The fraction of sp³-hybridized carbons (Fsp3) is 0.222. The third-order valence-corrected chi connectivity index (χ3v) is 3.29. The predicted octanol–water partition coefficient (Wildman–Crippen LogP) is 2.17. The molecule has 2 aromatic heterocycles. The first-order valence-electron chi connectivity index (χ1n) is 4.31. The Kier molecular flexibility index (Phi) is 3.47. The summed E-state index contributed by atoms with van der Waals surface area (Å²) in [5.41, 5.74) is 2.91. The lowest BCUT2D eigenvalue weighted by atomic mass is 10.4. The van der Waals surface area contributed by atoms with Crippen molar-refractivity contribution in [3.8, 4) is 0 Å². The summed E-state index contributed by atoms with van der Waals surface area (Å²) in [7, 11) is 2.00. The van der Waals surface area contributed by atoms with Crippen molar-refractivity contribution in [2.75, 3.05) is 11.9 Å². The van der Waals surface area contributed by atoms with Gasteiger partial charge in [-0.15, -0.1) is 11.3 Å². The summed E-state index contributed by atoms with van der Waals surface area (Å²) in [5, 5.41) is 2.05. The van der Waals surface area contributed by atoms with Crippen LogP contribution in [0.2, 0.25) is 0 Å². The van der Waals surface area contributed by atoms with Gasteiger partial charge >= 0.3 is 0 Å². The topological polar surface area (TPSA) is 41.9 Å². The summed E-state index contributed by atoms with van der Waals surface area (Å²) < 4.78 is 1.05. The van der Waals surface area contributed by atoms with E-state index in [-0.39, 0.29) is 0 Å². The Morgan fingerprint density at radius 2 is 2.33 bits per heavy atom. The first-order valence-corrected chi connectivity index (χ1v) is 6.33. The van der Waals surface area contributed by atoms with Crippen LogP contribution in [0.25, 0.3) is 0 Å². The number of rotatable bonds is 3. The average Bonchev–Trinajstić information content (AvgIpc) is 2.71. The molecule has 0 aliphatic carbocycles. The van der Waals surface area contributed by atoms with Crippen LogP contribution >= 0.6 is 33.9 Å². The molecule has 78 valence electrons. The van der Waals surface area contributed by atoms with Crippen molar-refractivity contribution < 1.29 is 0 Å². The van der Waals surface area contributed by atoms with E-state index in [2.05, 4.69) is 42.4 Å². The second-order valence-corrected chi connectivity index (χ2v) is 4.91. The minimum absolute atomic E-state index is 0.774. The highest BCUT2D eigenvalue weighted by atomic mass is 127. The largest absolute Gasteiger partial charge is 0.353 e. The van der Waals surface area contributed by atoms with Crippen molar-refractivity contribution in [2.45, 2.75) is 6.54 Å². The number of hydrogen-bond donors (Lipinski definition) is 0. The molecule has 2 rings (SSSR count). The van der Waals surface area contributed by atoms with Gasteiger partial charge in [0.05, 0.1) is 21.3 Å². The average molecular weight is 332 g/mol. The zero-order valence-corrected chi connectivity index (χ0v) is 11.1. The van der Waals surface area contributed by atoms with Crippen LogP contribution in [-0.2, 0) is 6.54 Å². The molecule has 0 saturated carbocycles. The molecule has 0 N–H and O–H groups in total. The Bertz CT molecular complexity index is 431. The lowest BCUT2D eigenvalue weighted by molar-refractivity contribution is 0.864. The molecule has 2 aromatic rings. The van der Waals surface area contributed by atoms with Crippen molar-refractivity contribution >= 4 is 39.7 Å². The minimum atomic E-state index is 0.774. The molecule has 0 fully saturated rings. The Balaban J connectivity index is 2.15. The molecule has 4 nitrogen and oxygen atoms in total. The maximum Gasteiger partial charge on any atom is 0.145 e. The van der Waals surface area contributed by atoms with Crippen LogP contribution in [0, 0.1) is 3.57 Å². The number of nitrogens with zero attached hydrogens (tertiary/aromatic N) is 4. The van der Waals surface area contributed by atoms with Crippen molar-refractivity contribution in [3.63, 3.8) is 0 Å². The zero-order valence-electron chi connectivity index (χ0n) is 8.09. The van der Waals surface area contributed by atoms with Gasteiger partial charge in [0.1, 0.15) is 12.1 Å². The van der Waals surface area contributed by atoms with Crippen LogP contribution in [0.15, 0.2) is 23.4 Å². The first-order chi connectivity index (χ1) is 7.27. The number of anilines is 1. The van der Waals surface area contributed by atoms with Crippen LogP contribution in [0.1, 0.15) is 5.69 Å². The van der Waals surface area contributed by atoms with E-state index >= 15 is 0 Å². The summed E-state index contributed by atoms with van der Waals surface area (Å²) in [6, 6.07) is 0. The highest BCUT2D eigenvalue weighted by molar-refractivity contribution is 14.1. The molecule has 0 aliphatic heterocycles. The Hall–Kier alpha value is -0.760. The van der Waals surface area contributed by atoms with Gasteiger partial charge in [0.2, 0.25) is 0 Å². The molecule has 0 radical (unpaired) electrons. The third-order valence-electron chi connectivity index (χ3n) is 1.89. The Morgan fingerprint density at radius 1 is 1.47 bits per heavy atom. The summed E-state index contributed by atoms with van der Waals surface area (Å²) in [5.74, 6) is 0.943. The lowest BCUT2D eigenvalue weighted by Crippen LogP contribution is -2.19. The highest BCUT2D eigenvalue weighted by Crippen LogP contribution is 2.18. The highest BCUT2D eigenvalue weighted by Gasteiger charge is 2.08. The van der Waals surface area contributed by atoms with Gasteiger partial charge in [-0.2, -0.15) is 0 Å². The molecule has 0 saturated heterocycles. The van der Waals surface area contributed by atoms with Crippen molar-refractivity contribution in [1.29, 1.82) is 0 Å². The molecule has 15 heavy (non-hydrogen) atoms. The third kappa shape index (κ3) is 2.63. The van der Waals surface area contributed by atoms with Crippen molar-refractivity contribution in [1.82, 2.24) is 15.0 Å². The Labute approximate surface area is 106 Å². The first kappa shape index (κ1) is 10.7. The molecular formula is C9H9IN4S. The number of halogens is 1. The van der Waals surface area contributed by atoms with E-state index in [1.54, 1.807) is 23.9 Å². The van der Waals surface area contributed by atoms with Crippen molar-refractivity contribution in [3.05, 3.63) is 32.7 Å². The van der Waals surface area contributed by atoms with Crippen LogP contribution < -0.4 is 4.90 Å². The zero-order chi connectivity index (χ0) is 10.7. The maximum absolute atomic E-state index is 4.24. The fourth-order valence-electron chi connectivity index (χ4n) is 1.22. The lowest BCUT2D eigenvalue weighted by Gasteiger charge is -2.17. The summed E-state index contributed by atoms with van der Waals surface area (Å²) >= 11 is 3.84. The van der Waals surface area contributed by atoms with Crippen LogP contribution in [0.4, 0.5) is 5.82 Å². The molecule has 0 aliphatic rings. The molecular weight excluding hydrogens is 323 g/mol. The van der Waals surface area contributed by atoms with E-state index in [0.29, 0.717) is 0 Å². The van der Waals surface area contributed by atoms with Gasteiger partial charge in [-0.25, -0.2) is 15.0 Å². The summed E-state index contributed by atoms with van der Waals surface area (Å²) in [6.07, 6.45) is 3.37. The predicted molar refractivity (Wildman–Crippen MR) is 69.0 cm³/mol. The molecule has 0 amide bonds. The second kappa shape index (κ2) is 4.84. The van der Waals surface area contributed by atoms with E-state index in [1.807, 2.05) is 17.9 Å². The van der Waals surface area contributed by atoms with Gasteiger partial charge < -0.3 is 4.90 Å².